The lowest BCUT2D eigenvalue weighted by molar-refractivity contribution is 0.335. The van der Waals surface area contributed by atoms with Gasteiger partial charge in [-0.3, -0.25) is 9.67 Å². The Morgan fingerprint density at radius 2 is 1.89 bits per heavy atom. The van der Waals surface area contributed by atoms with Crippen molar-refractivity contribution in [2.45, 2.75) is 31.9 Å². The Kier molecular flexibility index (Phi) is 6.40. The quantitative estimate of drug-likeness (QED) is 0.260. The van der Waals surface area contributed by atoms with Crippen LogP contribution in [-0.2, 0) is 18.1 Å². The highest BCUT2D eigenvalue weighted by molar-refractivity contribution is 7.98. The number of nitrogens with one attached hydrogen (secondary N) is 1. The van der Waals surface area contributed by atoms with Gasteiger partial charge in [-0.2, -0.15) is 16.9 Å². The largest absolute Gasteiger partial charge is 0.494 e. The summed E-state index contributed by atoms with van der Waals surface area (Å²) >= 11 is 1.78. The second kappa shape index (κ2) is 10.0. The van der Waals surface area contributed by atoms with Gasteiger partial charge in [-0.15, -0.1) is 0 Å². The zero-order valence-corrected chi connectivity index (χ0v) is 21.6. The first kappa shape index (κ1) is 24.3. The molecule has 1 N–H and O–H groups in total. The number of benzene rings is 2. The Labute approximate surface area is 222 Å². The monoisotopic (exact) mass is 530 g/mol. The van der Waals surface area contributed by atoms with Gasteiger partial charge in [0.15, 0.2) is 5.82 Å². The number of rotatable bonds is 7. The lowest BCUT2D eigenvalue weighted by Gasteiger charge is -2.13. The minimum atomic E-state index is -0.681. The topological polar surface area (TPSA) is 77.8 Å². The molecule has 0 atom stereocenters. The van der Waals surface area contributed by atoms with Crippen molar-refractivity contribution in [3.8, 4) is 17.3 Å². The number of aromatic nitrogens is 5. The van der Waals surface area contributed by atoms with Crippen LogP contribution < -0.4 is 10.1 Å². The number of ether oxygens (including phenoxy) is 1. The predicted molar refractivity (Wildman–Crippen MR) is 145 cm³/mol. The summed E-state index contributed by atoms with van der Waals surface area (Å²) in [7, 11) is 0. The molecule has 10 heteroatoms. The van der Waals surface area contributed by atoms with E-state index in [-0.39, 0.29) is 17.9 Å². The highest BCUT2D eigenvalue weighted by Crippen LogP contribution is 2.37. The number of aryl methyl sites for hydroxylation is 1. The lowest BCUT2D eigenvalue weighted by atomic mass is 10.1. The smallest absolute Gasteiger partial charge is 0.183 e. The number of pyridine rings is 1. The van der Waals surface area contributed by atoms with E-state index in [4.69, 9.17) is 19.8 Å². The third-order valence-electron chi connectivity index (χ3n) is 6.45. The third-order valence-corrected chi connectivity index (χ3v) is 7.42. The average Bonchev–Trinajstić information content (AvgIpc) is 3.53. The van der Waals surface area contributed by atoms with Crippen LogP contribution >= 0.6 is 11.8 Å². The molecule has 5 aromatic rings. The van der Waals surface area contributed by atoms with E-state index in [0.717, 1.165) is 50.7 Å². The van der Waals surface area contributed by atoms with Crippen molar-refractivity contribution in [2.75, 3.05) is 11.9 Å². The van der Waals surface area contributed by atoms with Crippen LogP contribution in [0, 0.1) is 18.6 Å². The molecule has 1 aliphatic heterocycles. The van der Waals surface area contributed by atoms with Crippen LogP contribution in [0.5, 0.6) is 5.75 Å². The van der Waals surface area contributed by atoms with E-state index in [1.165, 1.54) is 12.1 Å². The molecule has 0 radical (unpaired) electrons. The van der Waals surface area contributed by atoms with Crippen molar-refractivity contribution in [1.29, 1.82) is 0 Å². The van der Waals surface area contributed by atoms with Crippen LogP contribution in [0.2, 0.25) is 0 Å². The van der Waals surface area contributed by atoms with Gasteiger partial charge in [-0.05, 0) is 31.5 Å². The van der Waals surface area contributed by atoms with E-state index in [1.807, 2.05) is 37.3 Å². The first-order valence-corrected chi connectivity index (χ1v) is 13.4. The fourth-order valence-electron chi connectivity index (χ4n) is 4.55. The molecule has 1 aliphatic rings. The molecule has 7 nitrogen and oxygen atoms in total. The molecule has 0 fully saturated rings. The van der Waals surface area contributed by atoms with Gasteiger partial charge in [0.05, 0.1) is 24.4 Å². The van der Waals surface area contributed by atoms with Crippen LogP contribution in [0.3, 0.4) is 0 Å². The minimum absolute atomic E-state index is 0.0879. The number of para-hydroxylation sites is 1. The van der Waals surface area contributed by atoms with Gasteiger partial charge in [0, 0.05) is 58.2 Å². The van der Waals surface area contributed by atoms with Gasteiger partial charge in [-0.1, -0.05) is 18.2 Å². The molecular formula is C28H24F2N6OS. The number of anilines is 2. The normalized spacial score (nSPS) is 12.6. The molecule has 4 heterocycles. The van der Waals surface area contributed by atoms with Crippen molar-refractivity contribution < 1.29 is 13.5 Å². The average molecular weight is 531 g/mol. The summed E-state index contributed by atoms with van der Waals surface area (Å²) in [4.78, 5) is 13.9. The summed E-state index contributed by atoms with van der Waals surface area (Å²) in [6.45, 7) is 3.98. The molecule has 192 valence electrons. The van der Waals surface area contributed by atoms with E-state index in [2.05, 4.69) is 10.3 Å². The fourth-order valence-corrected chi connectivity index (χ4v) is 5.59. The van der Waals surface area contributed by atoms with Crippen molar-refractivity contribution in [1.82, 2.24) is 24.7 Å². The van der Waals surface area contributed by atoms with Crippen molar-refractivity contribution in [3.05, 3.63) is 88.9 Å². The molecule has 6 rings (SSSR count). The van der Waals surface area contributed by atoms with Gasteiger partial charge >= 0.3 is 0 Å². The summed E-state index contributed by atoms with van der Waals surface area (Å²) in [5, 5.41) is 9.03. The minimum Gasteiger partial charge on any atom is -0.494 e. The van der Waals surface area contributed by atoms with Gasteiger partial charge < -0.3 is 10.1 Å². The highest BCUT2D eigenvalue weighted by atomic mass is 32.2. The fraction of sp³-hybridized carbons (Fsp3) is 0.214. The zero-order chi connectivity index (χ0) is 26.2. The van der Waals surface area contributed by atoms with Gasteiger partial charge in [0.1, 0.15) is 28.9 Å². The van der Waals surface area contributed by atoms with E-state index < -0.39 is 11.6 Å². The van der Waals surface area contributed by atoms with Crippen LogP contribution in [-0.4, -0.2) is 31.3 Å². The number of hydrogen-bond donors (Lipinski definition) is 1. The molecular weight excluding hydrogens is 506 g/mol. The molecule has 2 aromatic carbocycles. The van der Waals surface area contributed by atoms with E-state index in [9.17, 15) is 8.78 Å². The number of hydrogen-bond acceptors (Lipinski definition) is 7. The number of thioether (sulfide) groups is 1. The summed E-state index contributed by atoms with van der Waals surface area (Å²) in [5.41, 5.74) is 5.14. The van der Waals surface area contributed by atoms with E-state index in [1.54, 1.807) is 35.8 Å². The zero-order valence-electron chi connectivity index (χ0n) is 20.8. The van der Waals surface area contributed by atoms with E-state index in [0.29, 0.717) is 18.1 Å². The molecule has 0 spiro atoms. The highest BCUT2D eigenvalue weighted by Gasteiger charge is 2.24. The second-order valence-electron chi connectivity index (χ2n) is 8.95. The Bertz CT molecular complexity index is 1650. The third kappa shape index (κ3) is 4.45. The van der Waals surface area contributed by atoms with Crippen molar-refractivity contribution >= 4 is 34.2 Å². The maximum absolute atomic E-state index is 14.9. The molecule has 0 bridgehead atoms. The standard InChI is InChI=1S/C28H24F2N6OS/c1-3-37-17-10-21(29)19(22(30)11-17)13-36-25-7-5-4-6-18(25)26(35-36)28-33-24-15-38-14-20(24)27(34-28)32-23-8-9-31-12-16(23)2/h4-12H,3,13-15H2,1-2H3,(H,31,32,33,34). The second-order valence-corrected chi connectivity index (χ2v) is 9.94. The van der Waals surface area contributed by atoms with Crippen LogP contribution in [0.15, 0.2) is 54.9 Å². The summed E-state index contributed by atoms with van der Waals surface area (Å²) in [6, 6.07) is 11.9. The Balaban J connectivity index is 1.44. The summed E-state index contributed by atoms with van der Waals surface area (Å²) < 4.78 is 36.7. The first-order chi connectivity index (χ1) is 18.5. The molecule has 0 unspecified atom stereocenters. The van der Waals surface area contributed by atoms with Crippen LogP contribution in [0.1, 0.15) is 29.3 Å². The molecule has 0 saturated heterocycles. The van der Waals surface area contributed by atoms with Crippen molar-refractivity contribution in [2.24, 2.45) is 0 Å². The molecule has 38 heavy (non-hydrogen) atoms. The molecule has 3 aromatic heterocycles. The predicted octanol–water partition coefficient (Wildman–Crippen LogP) is 6.41. The van der Waals surface area contributed by atoms with Crippen molar-refractivity contribution in [3.63, 3.8) is 0 Å². The number of fused-ring (bicyclic) bond motifs is 2. The van der Waals surface area contributed by atoms with Gasteiger partial charge in [0.25, 0.3) is 0 Å². The first-order valence-electron chi connectivity index (χ1n) is 12.2. The molecule has 0 amide bonds. The van der Waals surface area contributed by atoms with Gasteiger partial charge in [-0.25, -0.2) is 18.7 Å². The maximum atomic E-state index is 14.9. The Morgan fingerprint density at radius 1 is 1.08 bits per heavy atom. The maximum Gasteiger partial charge on any atom is 0.183 e. The lowest BCUT2D eigenvalue weighted by Crippen LogP contribution is -2.08. The van der Waals surface area contributed by atoms with E-state index >= 15 is 0 Å². The summed E-state index contributed by atoms with van der Waals surface area (Å²) in [5.74, 6) is 1.57. The number of halogens is 2. The van der Waals surface area contributed by atoms with Gasteiger partial charge in [0.2, 0.25) is 0 Å². The molecule has 0 saturated carbocycles. The molecule has 0 aliphatic carbocycles. The van der Waals surface area contributed by atoms with Crippen LogP contribution in [0.25, 0.3) is 22.4 Å². The Hall–Kier alpha value is -4.05. The van der Waals surface area contributed by atoms with Crippen LogP contribution in [0.4, 0.5) is 20.3 Å². The number of nitrogens with zero attached hydrogens (tertiary/aromatic N) is 5. The SMILES string of the molecule is CCOc1cc(F)c(Cn2nc(-c3nc4c(c(Nc5ccncc5C)n3)CSC4)c3ccccc32)c(F)c1. The summed E-state index contributed by atoms with van der Waals surface area (Å²) in [6.07, 6.45) is 3.54. The Morgan fingerprint density at radius 3 is 2.68 bits per heavy atom.